The molecule has 2 heterocycles. The molecule has 2 fully saturated rings. The summed E-state index contributed by atoms with van der Waals surface area (Å²) in [6.45, 7) is 6.38. The zero-order valence-electron chi connectivity index (χ0n) is 24.6. The Kier molecular flexibility index (Phi) is 8.04. The molecule has 13 heteroatoms. The van der Waals surface area contributed by atoms with E-state index < -0.39 is 47.8 Å². The van der Waals surface area contributed by atoms with Crippen LogP contribution in [0.5, 0.6) is 5.75 Å². The molecule has 0 N–H and O–H groups in total. The number of alkyl halides is 6. The number of halogens is 6. The fraction of sp³-hybridized carbons (Fsp3) is 0.484. The maximum atomic E-state index is 13.5. The van der Waals surface area contributed by atoms with Gasteiger partial charge in [-0.05, 0) is 84.7 Å². The van der Waals surface area contributed by atoms with Gasteiger partial charge in [0.1, 0.15) is 18.5 Å². The van der Waals surface area contributed by atoms with Gasteiger partial charge >= 0.3 is 24.5 Å². The Balaban J connectivity index is 1.52. The van der Waals surface area contributed by atoms with Gasteiger partial charge in [0.25, 0.3) is 0 Å². The van der Waals surface area contributed by atoms with Gasteiger partial charge in [-0.2, -0.15) is 26.3 Å². The van der Waals surface area contributed by atoms with Crippen molar-refractivity contribution in [1.29, 1.82) is 0 Å². The van der Waals surface area contributed by atoms with Gasteiger partial charge in [0, 0.05) is 17.8 Å². The van der Waals surface area contributed by atoms with Crippen LogP contribution in [0.4, 0.5) is 41.6 Å². The number of hydrogen-bond donors (Lipinski definition) is 0. The van der Waals surface area contributed by atoms with Crippen molar-refractivity contribution in [3.05, 3.63) is 64.2 Å². The van der Waals surface area contributed by atoms with Crippen molar-refractivity contribution in [2.45, 2.75) is 64.5 Å². The van der Waals surface area contributed by atoms with Gasteiger partial charge in [-0.3, -0.25) is 9.80 Å². The van der Waals surface area contributed by atoms with Crippen molar-refractivity contribution in [1.82, 2.24) is 4.90 Å². The quantitative estimate of drug-likeness (QED) is 0.302. The smallest absolute Gasteiger partial charge is 0.416 e. The Morgan fingerprint density at radius 1 is 0.977 bits per heavy atom. The lowest BCUT2D eigenvalue weighted by Crippen LogP contribution is -2.35. The minimum Gasteiger partial charge on any atom is -0.496 e. The molecule has 0 radical (unpaired) electrons. The number of allylic oxidation sites excluding steroid dienone is 1. The van der Waals surface area contributed by atoms with Crippen LogP contribution in [0.15, 0.2) is 42.0 Å². The maximum absolute atomic E-state index is 13.5. The Morgan fingerprint density at radius 3 is 2.20 bits per heavy atom. The van der Waals surface area contributed by atoms with E-state index in [9.17, 15) is 35.9 Å². The molecule has 2 amide bonds. The Morgan fingerprint density at radius 2 is 1.64 bits per heavy atom. The van der Waals surface area contributed by atoms with Crippen LogP contribution in [-0.2, 0) is 21.8 Å². The van der Waals surface area contributed by atoms with Crippen molar-refractivity contribution in [3.8, 4) is 5.75 Å². The molecular formula is C31H32F6N2O5. The molecule has 0 unspecified atom stereocenters. The molecule has 2 aromatic carbocycles. The van der Waals surface area contributed by atoms with E-state index >= 15 is 0 Å². The number of benzene rings is 2. The third-order valence-electron chi connectivity index (χ3n) is 8.44. The van der Waals surface area contributed by atoms with Gasteiger partial charge < -0.3 is 14.2 Å². The van der Waals surface area contributed by atoms with Gasteiger partial charge in [0.05, 0.1) is 30.8 Å². The minimum atomic E-state index is -5.03. The number of carbonyl (C=O) groups is 2. The third kappa shape index (κ3) is 6.18. The molecule has 2 saturated heterocycles. The molecule has 0 saturated carbocycles. The van der Waals surface area contributed by atoms with Crippen LogP contribution in [0.25, 0.3) is 5.57 Å². The van der Waals surface area contributed by atoms with Crippen LogP contribution in [0.1, 0.15) is 68.4 Å². The molecule has 0 aromatic heterocycles. The predicted octanol–water partition coefficient (Wildman–Crippen LogP) is 8.24. The predicted molar refractivity (Wildman–Crippen MR) is 148 cm³/mol. The topological polar surface area (TPSA) is 68.3 Å². The molecule has 7 nitrogen and oxygen atoms in total. The Bertz CT molecular complexity index is 1470. The van der Waals surface area contributed by atoms with Crippen molar-refractivity contribution >= 4 is 23.4 Å². The summed E-state index contributed by atoms with van der Waals surface area (Å²) in [6, 6.07) is 5.69. The molecule has 0 bridgehead atoms. The minimum absolute atomic E-state index is 0.0412. The van der Waals surface area contributed by atoms with Crippen LogP contribution in [-0.4, -0.2) is 49.9 Å². The highest BCUT2D eigenvalue weighted by atomic mass is 19.4. The van der Waals surface area contributed by atoms with Crippen molar-refractivity contribution in [2.75, 3.05) is 31.7 Å². The second-order valence-electron chi connectivity index (χ2n) is 12.1. The summed E-state index contributed by atoms with van der Waals surface area (Å²) in [5.41, 5.74) is -0.423. The normalized spacial score (nSPS) is 22.4. The van der Waals surface area contributed by atoms with Crippen LogP contribution in [0, 0.1) is 5.41 Å². The van der Waals surface area contributed by atoms with Gasteiger partial charge in [-0.15, -0.1) is 0 Å². The Hall–Kier alpha value is -3.90. The lowest BCUT2D eigenvalue weighted by molar-refractivity contribution is -0.143. The highest BCUT2D eigenvalue weighted by molar-refractivity contribution is 5.91. The maximum Gasteiger partial charge on any atom is 0.416 e. The van der Waals surface area contributed by atoms with Gasteiger partial charge in [-0.1, -0.05) is 13.8 Å². The second-order valence-corrected chi connectivity index (χ2v) is 12.1. The number of anilines is 1. The van der Waals surface area contributed by atoms with Gasteiger partial charge in [0.15, 0.2) is 0 Å². The summed E-state index contributed by atoms with van der Waals surface area (Å²) < 4.78 is 97.4. The fourth-order valence-corrected chi connectivity index (χ4v) is 6.13. The molecular weight excluding hydrogens is 594 g/mol. The number of amides is 2. The molecule has 3 aliphatic rings. The molecule has 5 rings (SSSR count). The van der Waals surface area contributed by atoms with Crippen molar-refractivity contribution < 1.29 is 50.1 Å². The van der Waals surface area contributed by atoms with E-state index in [1.165, 1.54) is 23.8 Å². The number of hydrogen-bond acceptors (Lipinski definition) is 5. The lowest BCUT2D eigenvalue weighted by Gasteiger charge is -2.36. The van der Waals surface area contributed by atoms with E-state index in [1.807, 2.05) is 6.07 Å². The summed E-state index contributed by atoms with van der Waals surface area (Å²) >= 11 is 0. The van der Waals surface area contributed by atoms with Gasteiger partial charge in [0.2, 0.25) is 0 Å². The number of rotatable bonds is 6. The summed E-state index contributed by atoms with van der Waals surface area (Å²) in [7, 11) is 1.52. The molecule has 238 valence electrons. The van der Waals surface area contributed by atoms with Crippen LogP contribution in [0.2, 0.25) is 0 Å². The molecule has 0 spiro atoms. The molecule has 2 aliphatic heterocycles. The summed E-state index contributed by atoms with van der Waals surface area (Å²) in [5.74, 6) is 0.548. The van der Waals surface area contributed by atoms with Crippen molar-refractivity contribution in [2.24, 2.45) is 5.41 Å². The number of nitrogens with zero attached hydrogens (tertiary/aromatic N) is 2. The molecule has 2 aromatic rings. The van der Waals surface area contributed by atoms with Crippen LogP contribution in [0.3, 0.4) is 0 Å². The Labute approximate surface area is 250 Å². The summed E-state index contributed by atoms with van der Waals surface area (Å²) in [4.78, 5) is 28.2. The summed E-state index contributed by atoms with van der Waals surface area (Å²) in [6.07, 6.45) is -10.8. The average molecular weight is 627 g/mol. The SMILES string of the molecule is COc1ccc(N2CCOC2=O)cc1C1=C(CN2C(=O)O[C@H](c3cc(C(F)(F)F)cc(C(F)(F)F)c3)[C@@H]2C)CC(C)(C)CC1. The zero-order chi connectivity index (χ0) is 32.2. The molecule has 44 heavy (non-hydrogen) atoms. The van der Waals surface area contributed by atoms with Crippen LogP contribution < -0.4 is 9.64 Å². The first-order valence-electron chi connectivity index (χ1n) is 14.1. The standard InChI is InChI=1S/C31H32F6N2O5/c1-17-26(18-11-20(30(32,33)34)13-21(12-18)31(35,36)37)44-28(41)39(17)16-19-15-29(2,3)8-7-23(19)24-14-22(5-6-25(24)42-4)38-9-10-43-27(38)40/h5-6,11-14,17,26H,7-10,15-16H2,1-4H3/t17-,26-/m0/s1. The average Bonchev–Trinajstić information content (AvgIpc) is 3.49. The third-order valence-corrected chi connectivity index (χ3v) is 8.44. The fourth-order valence-electron chi connectivity index (χ4n) is 6.13. The second kappa shape index (κ2) is 11.2. The van der Waals surface area contributed by atoms with Gasteiger partial charge in [-0.25, -0.2) is 9.59 Å². The monoisotopic (exact) mass is 626 g/mol. The van der Waals surface area contributed by atoms with E-state index in [1.54, 1.807) is 12.1 Å². The first kappa shape index (κ1) is 31.5. The first-order valence-corrected chi connectivity index (χ1v) is 14.1. The van der Waals surface area contributed by atoms with E-state index in [0.717, 1.165) is 23.1 Å². The van der Waals surface area contributed by atoms with E-state index in [0.29, 0.717) is 43.0 Å². The van der Waals surface area contributed by atoms with E-state index in [4.69, 9.17) is 14.2 Å². The summed E-state index contributed by atoms with van der Waals surface area (Å²) in [5, 5.41) is 0. The number of carbonyl (C=O) groups excluding carboxylic acids is 2. The highest BCUT2D eigenvalue weighted by Gasteiger charge is 2.44. The number of cyclic esters (lactones) is 2. The zero-order valence-corrected chi connectivity index (χ0v) is 24.6. The highest BCUT2D eigenvalue weighted by Crippen LogP contribution is 2.47. The van der Waals surface area contributed by atoms with E-state index in [2.05, 4.69) is 13.8 Å². The number of ether oxygens (including phenoxy) is 3. The largest absolute Gasteiger partial charge is 0.496 e. The first-order chi connectivity index (χ1) is 20.5. The van der Waals surface area contributed by atoms with E-state index in [-0.39, 0.29) is 30.2 Å². The lowest BCUT2D eigenvalue weighted by atomic mass is 9.72. The van der Waals surface area contributed by atoms with Crippen molar-refractivity contribution in [3.63, 3.8) is 0 Å². The van der Waals surface area contributed by atoms with Crippen LogP contribution >= 0.6 is 0 Å². The molecule has 1 aliphatic carbocycles. The number of methoxy groups -OCH3 is 1. The molecule has 2 atom stereocenters.